The number of hydrogen-bond donors (Lipinski definition) is 2. The van der Waals surface area contributed by atoms with Crippen LogP contribution in [0.4, 0.5) is 0 Å². The molecular weight excluding hydrogens is 228 g/mol. The molecule has 0 aliphatic carbocycles. The first-order valence-corrected chi connectivity index (χ1v) is 6.70. The molecule has 0 amide bonds. The molecule has 2 nitrogen and oxygen atoms in total. The molecule has 17 heavy (non-hydrogen) atoms. The normalized spacial score (nSPS) is 16.4. The van der Waals surface area contributed by atoms with Crippen LogP contribution in [0.3, 0.4) is 0 Å². The monoisotopic (exact) mass is 246 g/mol. The van der Waals surface area contributed by atoms with E-state index in [-0.39, 0.29) is 6.04 Å². The molecule has 3 rings (SSSR count). The number of thiol groups is 1. The molecule has 1 atom stereocenters. The Morgan fingerprint density at radius 2 is 2.29 bits per heavy atom. The van der Waals surface area contributed by atoms with Crippen molar-refractivity contribution in [3.05, 3.63) is 29.5 Å². The van der Waals surface area contributed by atoms with Gasteiger partial charge in [-0.2, -0.15) is 0 Å². The Morgan fingerprint density at radius 3 is 3.06 bits per heavy atom. The summed E-state index contributed by atoms with van der Waals surface area (Å²) in [4.78, 5) is 1.03. The fourth-order valence-electron chi connectivity index (χ4n) is 2.96. The number of fused-ring (bicyclic) bond motifs is 3. The standard InChI is InChI=1S/C14H18N2S/c1-9(15)7-11-12-8-10(17)4-5-14(12)16-6-2-3-13(11)16/h4-5,8-9,17H,2-3,6-7,15H2,1H3. The van der Waals surface area contributed by atoms with Crippen LogP contribution in [0.15, 0.2) is 23.1 Å². The summed E-state index contributed by atoms with van der Waals surface area (Å²) in [5.74, 6) is 0. The van der Waals surface area contributed by atoms with Crippen molar-refractivity contribution < 1.29 is 0 Å². The first kappa shape index (κ1) is 11.2. The molecule has 1 unspecified atom stereocenters. The minimum absolute atomic E-state index is 0.217. The van der Waals surface area contributed by atoms with E-state index in [1.54, 1.807) is 0 Å². The minimum atomic E-state index is 0.217. The molecule has 1 aromatic heterocycles. The van der Waals surface area contributed by atoms with E-state index in [0.717, 1.165) is 17.9 Å². The van der Waals surface area contributed by atoms with E-state index in [9.17, 15) is 0 Å². The zero-order valence-electron chi connectivity index (χ0n) is 10.1. The zero-order chi connectivity index (χ0) is 12.0. The van der Waals surface area contributed by atoms with E-state index in [1.807, 2.05) is 0 Å². The van der Waals surface area contributed by atoms with Crippen LogP contribution in [0.5, 0.6) is 0 Å². The van der Waals surface area contributed by atoms with Crippen LogP contribution in [0.25, 0.3) is 10.9 Å². The third-order valence-electron chi connectivity index (χ3n) is 3.59. The van der Waals surface area contributed by atoms with Gasteiger partial charge in [-0.15, -0.1) is 12.6 Å². The first-order valence-electron chi connectivity index (χ1n) is 6.25. The lowest BCUT2D eigenvalue weighted by atomic mass is 10.0. The SMILES string of the molecule is CC(N)Cc1c2n(c3ccc(S)cc13)CCC2. The molecule has 0 saturated carbocycles. The molecule has 0 radical (unpaired) electrons. The fraction of sp³-hybridized carbons (Fsp3) is 0.429. The Balaban J connectivity index is 2.26. The Labute approximate surface area is 107 Å². The van der Waals surface area contributed by atoms with Crippen LogP contribution in [0.2, 0.25) is 0 Å². The highest BCUT2D eigenvalue weighted by molar-refractivity contribution is 7.80. The highest BCUT2D eigenvalue weighted by atomic mass is 32.1. The number of nitrogens with zero attached hydrogens (tertiary/aromatic N) is 1. The Kier molecular flexibility index (Phi) is 2.68. The number of hydrogen-bond acceptors (Lipinski definition) is 2. The van der Waals surface area contributed by atoms with E-state index in [0.29, 0.717) is 0 Å². The summed E-state index contributed by atoms with van der Waals surface area (Å²) in [5.41, 5.74) is 10.3. The van der Waals surface area contributed by atoms with Crippen molar-refractivity contribution in [3.63, 3.8) is 0 Å². The van der Waals surface area contributed by atoms with Crippen molar-refractivity contribution >= 4 is 23.5 Å². The Morgan fingerprint density at radius 1 is 1.47 bits per heavy atom. The van der Waals surface area contributed by atoms with Crippen molar-refractivity contribution in [2.45, 2.75) is 43.7 Å². The summed E-state index contributed by atoms with van der Waals surface area (Å²) < 4.78 is 2.46. The number of aryl methyl sites for hydroxylation is 1. The van der Waals surface area contributed by atoms with Crippen LogP contribution < -0.4 is 5.73 Å². The molecule has 0 spiro atoms. The molecule has 2 heterocycles. The molecule has 1 aromatic carbocycles. The van der Waals surface area contributed by atoms with Gasteiger partial charge in [-0.3, -0.25) is 0 Å². The van der Waals surface area contributed by atoms with Crippen molar-refractivity contribution in [2.75, 3.05) is 0 Å². The molecule has 0 bridgehead atoms. The quantitative estimate of drug-likeness (QED) is 0.784. The van der Waals surface area contributed by atoms with Gasteiger partial charge in [0.15, 0.2) is 0 Å². The lowest BCUT2D eigenvalue weighted by molar-refractivity contribution is 0.733. The average Bonchev–Trinajstić information content (AvgIpc) is 2.82. The topological polar surface area (TPSA) is 30.9 Å². The highest BCUT2D eigenvalue weighted by Crippen LogP contribution is 2.33. The molecule has 0 fully saturated rings. The number of nitrogens with two attached hydrogens (primary N) is 1. The summed E-state index contributed by atoms with van der Waals surface area (Å²) in [6.07, 6.45) is 3.43. The van der Waals surface area contributed by atoms with Crippen LogP contribution >= 0.6 is 12.6 Å². The molecule has 2 N–H and O–H groups in total. The van der Waals surface area contributed by atoms with E-state index in [4.69, 9.17) is 5.73 Å². The molecular formula is C14H18N2S. The largest absolute Gasteiger partial charge is 0.344 e. The second kappa shape index (κ2) is 4.07. The first-order chi connectivity index (χ1) is 8.16. The number of aromatic nitrogens is 1. The average molecular weight is 246 g/mol. The molecule has 2 aromatic rings. The number of rotatable bonds is 2. The number of benzene rings is 1. The second-order valence-corrected chi connectivity index (χ2v) is 5.58. The summed E-state index contributed by atoms with van der Waals surface area (Å²) in [6.45, 7) is 3.23. The van der Waals surface area contributed by atoms with Gasteiger partial charge in [0.1, 0.15) is 0 Å². The third kappa shape index (κ3) is 1.78. The molecule has 1 aliphatic rings. The zero-order valence-corrected chi connectivity index (χ0v) is 11.0. The van der Waals surface area contributed by atoms with Gasteiger partial charge in [-0.05, 0) is 49.9 Å². The Bertz CT molecular complexity index is 569. The summed E-state index contributed by atoms with van der Waals surface area (Å²) in [5, 5.41) is 1.35. The molecule has 0 saturated heterocycles. The summed E-state index contributed by atoms with van der Waals surface area (Å²) in [7, 11) is 0. The van der Waals surface area contributed by atoms with Gasteiger partial charge in [-0.1, -0.05) is 0 Å². The molecule has 90 valence electrons. The van der Waals surface area contributed by atoms with Crippen molar-refractivity contribution in [3.8, 4) is 0 Å². The summed E-state index contributed by atoms with van der Waals surface area (Å²) >= 11 is 4.45. The lowest BCUT2D eigenvalue weighted by Gasteiger charge is -2.06. The smallest absolute Gasteiger partial charge is 0.0486 e. The minimum Gasteiger partial charge on any atom is -0.344 e. The molecule has 3 heteroatoms. The maximum absolute atomic E-state index is 5.98. The van der Waals surface area contributed by atoms with Crippen LogP contribution in [-0.2, 0) is 19.4 Å². The van der Waals surface area contributed by atoms with Gasteiger partial charge >= 0.3 is 0 Å². The van der Waals surface area contributed by atoms with E-state index in [2.05, 4.69) is 42.3 Å². The lowest BCUT2D eigenvalue weighted by Crippen LogP contribution is -2.18. The van der Waals surface area contributed by atoms with Crippen molar-refractivity contribution in [2.24, 2.45) is 5.73 Å². The maximum atomic E-state index is 5.98. The fourth-order valence-corrected chi connectivity index (χ4v) is 3.16. The maximum Gasteiger partial charge on any atom is 0.0486 e. The van der Waals surface area contributed by atoms with Crippen LogP contribution in [-0.4, -0.2) is 10.6 Å². The Hall–Kier alpha value is -0.930. The molecule has 1 aliphatic heterocycles. The second-order valence-electron chi connectivity index (χ2n) is 5.06. The van der Waals surface area contributed by atoms with Gasteiger partial charge in [-0.25, -0.2) is 0 Å². The third-order valence-corrected chi connectivity index (χ3v) is 3.87. The van der Waals surface area contributed by atoms with E-state index < -0.39 is 0 Å². The van der Waals surface area contributed by atoms with E-state index >= 15 is 0 Å². The van der Waals surface area contributed by atoms with Crippen molar-refractivity contribution in [1.82, 2.24) is 4.57 Å². The van der Waals surface area contributed by atoms with Gasteiger partial charge in [0.2, 0.25) is 0 Å². The van der Waals surface area contributed by atoms with Gasteiger partial charge in [0.25, 0.3) is 0 Å². The predicted molar refractivity (Wildman–Crippen MR) is 74.9 cm³/mol. The van der Waals surface area contributed by atoms with Gasteiger partial charge in [0.05, 0.1) is 0 Å². The van der Waals surface area contributed by atoms with E-state index in [1.165, 1.54) is 35.0 Å². The highest BCUT2D eigenvalue weighted by Gasteiger charge is 2.21. The summed E-state index contributed by atoms with van der Waals surface area (Å²) in [6, 6.07) is 6.67. The van der Waals surface area contributed by atoms with Crippen molar-refractivity contribution in [1.29, 1.82) is 0 Å². The van der Waals surface area contributed by atoms with Gasteiger partial charge in [0, 0.05) is 34.1 Å². The van der Waals surface area contributed by atoms with Crippen LogP contribution in [0.1, 0.15) is 24.6 Å². The van der Waals surface area contributed by atoms with Crippen LogP contribution in [0, 0.1) is 0 Å². The predicted octanol–water partition coefficient (Wildman–Crippen LogP) is 2.77. The van der Waals surface area contributed by atoms with Gasteiger partial charge < -0.3 is 10.3 Å².